The molecule has 0 aliphatic carbocycles. The van der Waals surface area contributed by atoms with E-state index < -0.39 is 6.04 Å². The van der Waals surface area contributed by atoms with Crippen molar-refractivity contribution in [3.63, 3.8) is 0 Å². The topological polar surface area (TPSA) is 93.5 Å². The van der Waals surface area contributed by atoms with Crippen LogP contribution in [-0.2, 0) is 9.53 Å². The Hall–Kier alpha value is -2.94. The summed E-state index contributed by atoms with van der Waals surface area (Å²) in [6, 6.07) is 6.99. The smallest absolute Gasteiger partial charge is 0.409 e. The van der Waals surface area contributed by atoms with Crippen molar-refractivity contribution < 1.29 is 14.3 Å². The van der Waals surface area contributed by atoms with E-state index in [2.05, 4.69) is 10.4 Å². The number of nitrogens with one attached hydrogen (secondary N) is 1. The normalized spacial score (nSPS) is 15.9. The molecule has 8 nitrogen and oxygen atoms in total. The first-order valence-electron chi connectivity index (χ1n) is 10.5. The quantitative estimate of drug-likeness (QED) is 0.670. The number of carbonyl (C=O) groups is 2. The number of hydrogen-bond donors (Lipinski definition) is 1. The molecule has 0 bridgehead atoms. The van der Waals surface area contributed by atoms with Crippen LogP contribution in [0.15, 0.2) is 29.1 Å². The fraction of sp³-hybridized carbons (Fsp3) is 0.455. The van der Waals surface area contributed by atoms with Crippen molar-refractivity contribution in [3.05, 3.63) is 40.3 Å². The molecule has 2 amide bonds. The van der Waals surface area contributed by atoms with E-state index in [0.29, 0.717) is 37.9 Å². The third kappa shape index (κ3) is 4.01. The van der Waals surface area contributed by atoms with Crippen LogP contribution in [0.3, 0.4) is 0 Å². The minimum Gasteiger partial charge on any atom is -0.450 e. The van der Waals surface area contributed by atoms with E-state index >= 15 is 0 Å². The molecule has 1 saturated heterocycles. The molecule has 0 radical (unpaired) electrons. The third-order valence-electron chi connectivity index (χ3n) is 5.72. The lowest BCUT2D eigenvalue weighted by Crippen LogP contribution is -2.48. The zero-order chi connectivity index (χ0) is 22.1. The molecule has 1 aliphatic heterocycles. The van der Waals surface area contributed by atoms with Gasteiger partial charge < -0.3 is 15.0 Å². The van der Waals surface area contributed by atoms with Gasteiger partial charge in [-0.3, -0.25) is 9.59 Å². The third-order valence-corrected chi connectivity index (χ3v) is 7.00. The number of nitrogens with zero attached hydrogens (tertiary/aromatic N) is 3. The number of piperidine rings is 1. The summed E-state index contributed by atoms with van der Waals surface area (Å²) < 4.78 is 8.22. The summed E-state index contributed by atoms with van der Waals surface area (Å²) in [6.45, 7) is 6.74. The van der Waals surface area contributed by atoms with Crippen LogP contribution in [0.25, 0.3) is 20.2 Å². The molecule has 3 heterocycles. The van der Waals surface area contributed by atoms with Gasteiger partial charge in [0.05, 0.1) is 22.4 Å². The lowest BCUT2D eigenvalue weighted by atomic mass is 10.0. The Morgan fingerprint density at radius 1 is 1.29 bits per heavy atom. The van der Waals surface area contributed by atoms with Crippen LogP contribution in [0.1, 0.15) is 38.4 Å². The number of likely N-dealkylation sites (tertiary alicyclic amines) is 1. The maximum atomic E-state index is 13.2. The lowest BCUT2D eigenvalue weighted by molar-refractivity contribution is -0.125. The van der Waals surface area contributed by atoms with Crippen LogP contribution in [-0.4, -0.2) is 52.4 Å². The highest BCUT2D eigenvalue weighted by Crippen LogP contribution is 2.32. The SMILES string of the molecule is CCOC(=O)N1CCC(NC(=O)[C@H](C)n2nc(C)c3sc4ccccc4c3c2=O)CC1. The van der Waals surface area contributed by atoms with Crippen LogP contribution in [0.2, 0.25) is 0 Å². The van der Waals surface area contributed by atoms with E-state index in [1.165, 1.54) is 4.68 Å². The fourth-order valence-corrected chi connectivity index (χ4v) is 5.13. The van der Waals surface area contributed by atoms with Crippen LogP contribution < -0.4 is 10.9 Å². The van der Waals surface area contributed by atoms with Gasteiger partial charge in [0, 0.05) is 29.2 Å². The maximum Gasteiger partial charge on any atom is 0.409 e. The molecule has 164 valence electrons. The van der Waals surface area contributed by atoms with Gasteiger partial charge in [0.2, 0.25) is 5.91 Å². The Labute approximate surface area is 183 Å². The number of rotatable bonds is 4. The highest BCUT2D eigenvalue weighted by molar-refractivity contribution is 7.26. The molecule has 0 spiro atoms. The molecule has 1 N–H and O–H groups in total. The molecule has 1 atom stereocenters. The van der Waals surface area contributed by atoms with Gasteiger partial charge in [-0.15, -0.1) is 11.3 Å². The zero-order valence-electron chi connectivity index (χ0n) is 17.9. The predicted molar refractivity (Wildman–Crippen MR) is 121 cm³/mol. The fourth-order valence-electron chi connectivity index (χ4n) is 4.00. The Bertz CT molecular complexity index is 1190. The highest BCUT2D eigenvalue weighted by Gasteiger charge is 2.27. The predicted octanol–water partition coefficient (Wildman–Crippen LogP) is 3.22. The summed E-state index contributed by atoms with van der Waals surface area (Å²) in [5.41, 5.74) is 0.482. The number of aromatic nitrogens is 2. The molecule has 2 aromatic heterocycles. The van der Waals surface area contributed by atoms with Crippen molar-refractivity contribution in [2.24, 2.45) is 0 Å². The molecule has 3 aromatic rings. The van der Waals surface area contributed by atoms with Crippen molar-refractivity contribution in [3.8, 4) is 0 Å². The summed E-state index contributed by atoms with van der Waals surface area (Å²) in [5, 5.41) is 8.98. The van der Waals surface area contributed by atoms with E-state index in [9.17, 15) is 14.4 Å². The van der Waals surface area contributed by atoms with E-state index in [1.807, 2.05) is 31.2 Å². The average molecular weight is 443 g/mol. The van der Waals surface area contributed by atoms with Gasteiger partial charge in [-0.2, -0.15) is 5.10 Å². The Kier molecular flexibility index (Phi) is 5.95. The Morgan fingerprint density at radius 3 is 2.71 bits per heavy atom. The second kappa shape index (κ2) is 8.66. The van der Waals surface area contributed by atoms with Gasteiger partial charge in [-0.05, 0) is 39.7 Å². The summed E-state index contributed by atoms with van der Waals surface area (Å²) in [6.07, 6.45) is 0.975. The van der Waals surface area contributed by atoms with Crippen LogP contribution >= 0.6 is 11.3 Å². The molecule has 9 heteroatoms. The van der Waals surface area contributed by atoms with Gasteiger partial charge >= 0.3 is 6.09 Å². The van der Waals surface area contributed by atoms with Gasteiger partial charge in [0.15, 0.2) is 0 Å². The van der Waals surface area contributed by atoms with Gasteiger partial charge in [-0.1, -0.05) is 18.2 Å². The number of hydrogen-bond acceptors (Lipinski definition) is 6. The largest absolute Gasteiger partial charge is 0.450 e. The molecule has 0 saturated carbocycles. The second-order valence-corrected chi connectivity index (χ2v) is 8.83. The van der Waals surface area contributed by atoms with Gasteiger partial charge in [0.1, 0.15) is 6.04 Å². The molecule has 1 aliphatic rings. The van der Waals surface area contributed by atoms with Gasteiger partial charge in [-0.25, -0.2) is 9.48 Å². The minimum atomic E-state index is -0.739. The van der Waals surface area contributed by atoms with Crippen molar-refractivity contribution in [1.82, 2.24) is 20.0 Å². The molecule has 1 fully saturated rings. The molecule has 4 rings (SSSR count). The minimum absolute atomic E-state index is 0.0527. The van der Waals surface area contributed by atoms with Gasteiger partial charge in [0.25, 0.3) is 5.56 Å². The van der Waals surface area contributed by atoms with Crippen LogP contribution in [0.4, 0.5) is 4.79 Å². The molecular weight excluding hydrogens is 416 g/mol. The van der Waals surface area contributed by atoms with E-state index in [1.54, 1.807) is 30.1 Å². The van der Waals surface area contributed by atoms with E-state index in [0.717, 1.165) is 20.5 Å². The number of carbonyl (C=O) groups excluding carboxylic acids is 2. The summed E-state index contributed by atoms with van der Waals surface area (Å²) >= 11 is 1.55. The van der Waals surface area contributed by atoms with E-state index in [4.69, 9.17) is 4.74 Å². The molecule has 0 unspecified atom stereocenters. The summed E-state index contributed by atoms with van der Waals surface area (Å²) in [5.74, 6) is -0.248. The number of amides is 2. The highest BCUT2D eigenvalue weighted by atomic mass is 32.1. The summed E-state index contributed by atoms with van der Waals surface area (Å²) in [4.78, 5) is 39.7. The maximum absolute atomic E-state index is 13.2. The first kappa shape index (κ1) is 21.3. The second-order valence-electron chi connectivity index (χ2n) is 7.78. The van der Waals surface area contributed by atoms with Crippen LogP contribution in [0.5, 0.6) is 0 Å². The van der Waals surface area contributed by atoms with Crippen molar-refractivity contribution in [2.75, 3.05) is 19.7 Å². The number of benzene rings is 1. The molecule has 1 aromatic carbocycles. The molecular formula is C22H26N4O4S. The molecule has 31 heavy (non-hydrogen) atoms. The number of aryl methyl sites for hydroxylation is 1. The standard InChI is InChI=1S/C22H26N4O4S/c1-4-30-22(29)25-11-9-15(10-12-25)23-20(27)14(3)26-21(28)18-16-7-5-6-8-17(16)31-19(18)13(2)24-26/h5-8,14-15H,4,9-12H2,1-3H3,(H,23,27)/t14-/m0/s1. The van der Waals surface area contributed by atoms with Crippen molar-refractivity contribution in [1.29, 1.82) is 0 Å². The van der Waals surface area contributed by atoms with Crippen LogP contribution in [0, 0.1) is 6.92 Å². The monoisotopic (exact) mass is 442 g/mol. The number of ether oxygens (including phenoxy) is 1. The first-order valence-corrected chi connectivity index (χ1v) is 11.3. The lowest BCUT2D eigenvalue weighted by Gasteiger charge is -2.32. The summed E-state index contributed by atoms with van der Waals surface area (Å²) in [7, 11) is 0. The van der Waals surface area contributed by atoms with Crippen molar-refractivity contribution >= 4 is 43.5 Å². The Morgan fingerprint density at radius 2 is 2.00 bits per heavy atom. The van der Waals surface area contributed by atoms with Crippen molar-refractivity contribution in [2.45, 2.75) is 45.7 Å². The van der Waals surface area contributed by atoms with E-state index in [-0.39, 0.29) is 23.6 Å². The average Bonchev–Trinajstić information content (AvgIpc) is 3.17. The Balaban J connectivity index is 1.52. The first-order chi connectivity index (χ1) is 14.9. The number of thiophene rings is 1. The number of fused-ring (bicyclic) bond motifs is 3. The zero-order valence-corrected chi connectivity index (χ0v) is 18.7.